The highest BCUT2D eigenvalue weighted by molar-refractivity contribution is 4.50. The van der Waals surface area contributed by atoms with Gasteiger partial charge in [-0.3, -0.25) is 0 Å². The molecule has 0 saturated heterocycles. The molecule has 1 heteroatoms. The maximum atomic E-state index is 5.04. The van der Waals surface area contributed by atoms with Crippen LogP contribution in [0.5, 0.6) is 0 Å². The average molecular weight is 114 g/mol. The van der Waals surface area contributed by atoms with Gasteiger partial charge in [-0.25, -0.2) is 0 Å². The molecule has 0 spiro atoms. The summed E-state index contributed by atoms with van der Waals surface area (Å²) in [5, 5.41) is 0. The molecular weight excluding hydrogens is 100 g/mol. The second kappa shape index (κ2) is 6.96. The van der Waals surface area contributed by atoms with E-state index in [1.54, 1.807) is 6.61 Å². The molecule has 0 saturated carbocycles. The summed E-state index contributed by atoms with van der Waals surface area (Å²) in [6.45, 7) is 8.35. The topological polar surface area (TPSA) is 9.23 Å². The van der Waals surface area contributed by atoms with Crippen molar-refractivity contribution in [2.45, 2.75) is 26.2 Å². The zero-order chi connectivity index (χ0) is 6.24. The first kappa shape index (κ1) is 7.96. The monoisotopic (exact) mass is 114 g/mol. The molecule has 0 aromatic carbocycles. The van der Waals surface area contributed by atoms with E-state index in [1.165, 1.54) is 6.42 Å². The van der Waals surface area contributed by atoms with Crippen molar-refractivity contribution in [2.24, 2.45) is 0 Å². The molecule has 48 valence electrons. The van der Waals surface area contributed by atoms with Crippen LogP contribution < -0.4 is 0 Å². The van der Waals surface area contributed by atoms with Crippen molar-refractivity contribution in [1.82, 2.24) is 0 Å². The molecule has 0 N–H and O–H groups in total. The van der Waals surface area contributed by atoms with Crippen molar-refractivity contribution in [3.8, 4) is 0 Å². The number of hydrogen-bond acceptors (Lipinski definition) is 1. The predicted octanol–water partition coefficient (Wildman–Crippen LogP) is 2.19. The third-order valence-corrected chi connectivity index (χ3v) is 0.851. The Kier molecular flexibility index (Phi) is 6.93. The van der Waals surface area contributed by atoms with E-state index in [-0.39, 0.29) is 0 Å². The van der Waals surface area contributed by atoms with E-state index in [0.717, 1.165) is 19.4 Å². The first-order chi connectivity index (χ1) is 3.91. The summed E-state index contributed by atoms with van der Waals surface area (Å²) in [6, 6.07) is 0. The van der Waals surface area contributed by atoms with Crippen LogP contribution in [0.25, 0.3) is 0 Å². The number of ether oxygens (including phenoxy) is 1. The minimum atomic E-state index is 0.768. The summed E-state index contributed by atoms with van der Waals surface area (Å²) in [5.74, 6) is 0. The van der Waals surface area contributed by atoms with Gasteiger partial charge in [-0.1, -0.05) is 20.3 Å². The second-order valence-electron chi connectivity index (χ2n) is 1.68. The SMILES string of the molecule is [CH2]C[CH]OCCCC. The maximum Gasteiger partial charge on any atom is 0.0836 e. The highest BCUT2D eigenvalue weighted by Gasteiger charge is 1.82. The molecule has 0 fully saturated rings. The smallest absolute Gasteiger partial charge is 0.0836 e. The second-order valence-corrected chi connectivity index (χ2v) is 1.68. The normalized spacial score (nSPS) is 9.75. The van der Waals surface area contributed by atoms with Crippen LogP contribution in [0.4, 0.5) is 0 Å². The summed E-state index contributed by atoms with van der Waals surface area (Å²) in [7, 11) is 0. The molecule has 0 aliphatic heterocycles. The molecule has 8 heavy (non-hydrogen) atoms. The zero-order valence-corrected chi connectivity index (χ0v) is 5.52. The Morgan fingerprint density at radius 2 is 2.38 bits per heavy atom. The van der Waals surface area contributed by atoms with E-state index in [4.69, 9.17) is 4.74 Å². The van der Waals surface area contributed by atoms with Crippen molar-refractivity contribution in [3.05, 3.63) is 13.5 Å². The largest absolute Gasteiger partial charge is 0.376 e. The predicted molar refractivity (Wildman–Crippen MR) is 35.1 cm³/mol. The van der Waals surface area contributed by atoms with Crippen molar-refractivity contribution < 1.29 is 4.74 Å². The molecule has 0 heterocycles. The summed E-state index contributed by atoms with van der Waals surface area (Å²) in [6.07, 6.45) is 3.12. The number of hydrogen-bond donors (Lipinski definition) is 0. The van der Waals surface area contributed by atoms with Crippen LogP contribution in [0.2, 0.25) is 0 Å². The van der Waals surface area contributed by atoms with Crippen LogP contribution in [0.15, 0.2) is 0 Å². The lowest BCUT2D eigenvalue weighted by Crippen LogP contribution is -1.88. The fourth-order valence-corrected chi connectivity index (χ4v) is 0.394. The Morgan fingerprint density at radius 1 is 1.62 bits per heavy atom. The van der Waals surface area contributed by atoms with Crippen molar-refractivity contribution in [2.75, 3.05) is 6.61 Å². The molecule has 0 unspecified atom stereocenters. The Bertz CT molecular complexity index is 29.4. The van der Waals surface area contributed by atoms with E-state index in [2.05, 4.69) is 13.8 Å². The van der Waals surface area contributed by atoms with E-state index < -0.39 is 0 Å². The maximum absolute atomic E-state index is 5.04. The summed E-state index contributed by atoms with van der Waals surface area (Å²) >= 11 is 0. The molecule has 0 aliphatic carbocycles. The first-order valence-corrected chi connectivity index (χ1v) is 3.14. The minimum Gasteiger partial charge on any atom is -0.376 e. The number of unbranched alkanes of at least 4 members (excludes halogenated alkanes) is 1. The number of rotatable bonds is 5. The van der Waals surface area contributed by atoms with Gasteiger partial charge in [0.1, 0.15) is 0 Å². The van der Waals surface area contributed by atoms with Crippen molar-refractivity contribution in [1.29, 1.82) is 0 Å². The van der Waals surface area contributed by atoms with E-state index in [0.29, 0.717) is 0 Å². The quantitative estimate of drug-likeness (QED) is 0.498. The molecule has 0 bridgehead atoms. The van der Waals surface area contributed by atoms with Gasteiger partial charge in [0.2, 0.25) is 0 Å². The minimum absolute atomic E-state index is 0.768. The Balaban J connectivity index is 2.53. The Labute approximate surface area is 52.0 Å². The van der Waals surface area contributed by atoms with Gasteiger partial charge in [0.05, 0.1) is 6.61 Å². The lowest BCUT2D eigenvalue weighted by atomic mass is 10.4. The molecular formula is C7H14O. The lowest BCUT2D eigenvalue weighted by molar-refractivity contribution is 0.193. The summed E-state index contributed by atoms with van der Waals surface area (Å²) < 4.78 is 5.04. The lowest BCUT2D eigenvalue weighted by Gasteiger charge is -1.96. The standard InChI is InChI=1S/C7H14O/c1-3-5-7-8-6-4-2/h6H,2-5,7H2,1H3. The molecule has 0 aromatic heterocycles. The van der Waals surface area contributed by atoms with Gasteiger partial charge in [0.25, 0.3) is 0 Å². The highest BCUT2D eigenvalue weighted by Crippen LogP contribution is 1.91. The molecule has 0 aliphatic rings. The van der Waals surface area contributed by atoms with Crippen LogP contribution in [-0.4, -0.2) is 6.61 Å². The van der Waals surface area contributed by atoms with Gasteiger partial charge in [-0.05, 0) is 12.8 Å². The van der Waals surface area contributed by atoms with Crippen LogP contribution in [0.1, 0.15) is 26.2 Å². The Hall–Kier alpha value is -0.0400. The molecule has 2 radical (unpaired) electrons. The average Bonchev–Trinajstić information content (AvgIpc) is 1.81. The van der Waals surface area contributed by atoms with Crippen LogP contribution >= 0.6 is 0 Å². The van der Waals surface area contributed by atoms with Gasteiger partial charge in [-0.15, -0.1) is 0 Å². The molecule has 0 rings (SSSR count). The van der Waals surface area contributed by atoms with Gasteiger partial charge < -0.3 is 4.74 Å². The van der Waals surface area contributed by atoms with E-state index in [9.17, 15) is 0 Å². The van der Waals surface area contributed by atoms with Crippen LogP contribution in [0, 0.1) is 13.5 Å². The van der Waals surface area contributed by atoms with E-state index >= 15 is 0 Å². The van der Waals surface area contributed by atoms with Crippen LogP contribution in [-0.2, 0) is 4.74 Å². The molecule has 1 nitrogen and oxygen atoms in total. The van der Waals surface area contributed by atoms with Gasteiger partial charge >= 0.3 is 0 Å². The zero-order valence-electron chi connectivity index (χ0n) is 5.52. The summed E-state index contributed by atoms with van der Waals surface area (Å²) in [4.78, 5) is 0. The van der Waals surface area contributed by atoms with Gasteiger partial charge in [0.15, 0.2) is 0 Å². The molecule has 0 amide bonds. The van der Waals surface area contributed by atoms with Gasteiger partial charge in [-0.2, -0.15) is 0 Å². The van der Waals surface area contributed by atoms with Gasteiger partial charge in [0, 0.05) is 6.61 Å². The van der Waals surface area contributed by atoms with Crippen LogP contribution in [0.3, 0.4) is 0 Å². The van der Waals surface area contributed by atoms with Crippen molar-refractivity contribution in [3.63, 3.8) is 0 Å². The first-order valence-electron chi connectivity index (χ1n) is 3.14. The van der Waals surface area contributed by atoms with E-state index in [1.807, 2.05) is 0 Å². The fourth-order valence-electron chi connectivity index (χ4n) is 0.394. The third kappa shape index (κ3) is 5.96. The molecule has 0 aromatic rings. The third-order valence-electron chi connectivity index (χ3n) is 0.851. The molecule has 0 atom stereocenters. The highest BCUT2D eigenvalue weighted by atomic mass is 16.5. The Morgan fingerprint density at radius 3 is 2.88 bits per heavy atom. The fraction of sp³-hybridized carbons (Fsp3) is 0.714. The van der Waals surface area contributed by atoms with Crippen molar-refractivity contribution >= 4 is 0 Å². The summed E-state index contributed by atoms with van der Waals surface area (Å²) in [5.41, 5.74) is 0.